The van der Waals surface area contributed by atoms with Gasteiger partial charge in [-0.25, -0.2) is 0 Å². The van der Waals surface area contributed by atoms with E-state index in [1.165, 1.54) is 19.3 Å². The van der Waals surface area contributed by atoms with Crippen LogP contribution in [-0.4, -0.2) is 18.5 Å². The Labute approximate surface area is 111 Å². The maximum atomic E-state index is 6.55. The highest BCUT2D eigenvalue weighted by Gasteiger charge is 2.70. The molecule has 0 radical (unpaired) electrons. The highest BCUT2D eigenvalue weighted by molar-refractivity contribution is 5.19. The Kier molecular flexibility index (Phi) is 2.68. The van der Waals surface area contributed by atoms with Crippen molar-refractivity contribution >= 4 is 0 Å². The first-order valence-corrected chi connectivity index (χ1v) is 7.62. The maximum absolute atomic E-state index is 6.55. The molecule has 1 spiro atoms. The van der Waals surface area contributed by atoms with Gasteiger partial charge in [-0.3, -0.25) is 0 Å². The molecular formula is C16H28O2. The van der Waals surface area contributed by atoms with Crippen LogP contribution in [-0.2, 0) is 9.47 Å². The minimum atomic E-state index is 0.00530. The Morgan fingerprint density at radius 1 is 1.11 bits per heavy atom. The molecule has 0 unspecified atom stereocenters. The van der Waals surface area contributed by atoms with Crippen LogP contribution >= 0.6 is 0 Å². The molecule has 3 rings (SSSR count). The van der Waals surface area contributed by atoms with Crippen LogP contribution < -0.4 is 0 Å². The molecule has 2 aliphatic carbocycles. The first-order chi connectivity index (χ1) is 8.32. The van der Waals surface area contributed by atoms with E-state index in [0.717, 1.165) is 18.9 Å². The molecule has 4 atom stereocenters. The van der Waals surface area contributed by atoms with Crippen molar-refractivity contribution in [2.75, 3.05) is 6.61 Å². The Balaban J connectivity index is 1.93. The van der Waals surface area contributed by atoms with E-state index in [1.54, 1.807) is 0 Å². The zero-order valence-electron chi connectivity index (χ0n) is 12.6. The van der Waals surface area contributed by atoms with Crippen molar-refractivity contribution in [2.24, 2.45) is 22.7 Å². The summed E-state index contributed by atoms with van der Waals surface area (Å²) in [5.41, 5.74) is 0.847. The van der Waals surface area contributed by atoms with Gasteiger partial charge >= 0.3 is 0 Å². The maximum Gasteiger partial charge on any atom is 0.160 e. The molecule has 0 aromatic rings. The molecule has 1 aliphatic heterocycles. The minimum Gasteiger partial charge on any atom is -0.352 e. The van der Waals surface area contributed by atoms with Gasteiger partial charge in [-0.05, 0) is 30.6 Å². The van der Waals surface area contributed by atoms with Gasteiger partial charge in [0.25, 0.3) is 0 Å². The van der Waals surface area contributed by atoms with Crippen LogP contribution in [0.4, 0.5) is 0 Å². The Bertz CT molecular complexity index is 349. The fourth-order valence-corrected chi connectivity index (χ4v) is 4.93. The molecule has 0 aromatic carbocycles. The second-order valence-electron chi connectivity index (χ2n) is 7.84. The largest absolute Gasteiger partial charge is 0.352 e. The number of hydrogen-bond donors (Lipinski definition) is 0. The molecule has 1 heterocycles. The van der Waals surface area contributed by atoms with Gasteiger partial charge in [-0.15, -0.1) is 0 Å². The molecule has 2 heteroatoms. The van der Waals surface area contributed by atoms with E-state index in [1.807, 2.05) is 0 Å². The van der Waals surface area contributed by atoms with E-state index >= 15 is 0 Å². The zero-order valence-corrected chi connectivity index (χ0v) is 12.6. The second-order valence-corrected chi connectivity index (χ2v) is 7.84. The Morgan fingerprint density at radius 2 is 1.83 bits per heavy atom. The first kappa shape index (κ1) is 12.9. The van der Waals surface area contributed by atoms with Gasteiger partial charge in [-0.2, -0.15) is 0 Å². The van der Waals surface area contributed by atoms with Gasteiger partial charge in [-0.1, -0.05) is 34.6 Å². The summed E-state index contributed by atoms with van der Waals surface area (Å²) in [5, 5.41) is 0. The zero-order chi connectivity index (χ0) is 13.2. The van der Waals surface area contributed by atoms with E-state index in [2.05, 4.69) is 34.6 Å². The lowest BCUT2D eigenvalue weighted by atomic mass is 9.63. The smallest absolute Gasteiger partial charge is 0.160 e. The molecule has 3 aliphatic rings. The van der Waals surface area contributed by atoms with Crippen molar-refractivity contribution in [3.8, 4) is 0 Å². The third-order valence-electron chi connectivity index (χ3n) is 6.69. The summed E-state index contributed by atoms with van der Waals surface area (Å²) in [6, 6.07) is 0. The molecule has 18 heavy (non-hydrogen) atoms. The molecule has 3 fully saturated rings. The summed E-state index contributed by atoms with van der Waals surface area (Å²) in [6.45, 7) is 12.7. The molecule has 1 saturated heterocycles. The quantitative estimate of drug-likeness (QED) is 0.702. The van der Waals surface area contributed by atoms with Crippen LogP contribution in [0.5, 0.6) is 0 Å². The summed E-state index contributed by atoms with van der Waals surface area (Å²) in [6.07, 6.45) is 5.07. The molecule has 0 aromatic heterocycles. The molecule has 2 saturated carbocycles. The van der Waals surface area contributed by atoms with Crippen LogP contribution in [0.25, 0.3) is 0 Å². The Hall–Kier alpha value is -0.0800. The highest BCUT2D eigenvalue weighted by Crippen LogP contribution is 2.72. The summed E-state index contributed by atoms with van der Waals surface area (Å²) < 4.78 is 12.4. The van der Waals surface area contributed by atoms with Crippen molar-refractivity contribution in [3.05, 3.63) is 0 Å². The average molecular weight is 252 g/mol. The van der Waals surface area contributed by atoms with Gasteiger partial charge in [0.05, 0.1) is 12.2 Å². The SMILES string of the molecule is CC(C)[C@@H]1OCC[C@@]2(C[C@H]3CC[C@]2(C)C3(C)C)O1. The fraction of sp³-hybridized carbons (Fsp3) is 1.00. The van der Waals surface area contributed by atoms with Crippen LogP contribution in [0.15, 0.2) is 0 Å². The van der Waals surface area contributed by atoms with Crippen molar-refractivity contribution in [1.82, 2.24) is 0 Å². The van der Waals surface area contributed by atoms with Crippen molar-refractivity contribution < 1.29 is 9.47 Å². The number of ether oxygens (including phenoxy) is 2. The summed E-state index contributed by atoms with van der Waals surface area (Å²) in [5.74, 6) is 1.29. The molecular weight excluding hydrogens is 224 g/mol. The number of fused-ring (bicyclic) bond motifs is 3. The predicted molar refractivity (Wildman–Crippen MR) is 72.2 cm³/mol. The van der Waals surface area contributed by atoms with Crippen molar-refractivity contribution in [2.45, 2.75) is 72.2 Å². The monoisotopic (exact) mass is 252 g/mol. The van der Waals surface area contributed by atoms with Gasteiger partial charge in [0.1, 0.15) is 0 Å². The lowest BCUT2D eigenvalue weighted by molar-refractivity contribution is -0.304. The van der Waals surface area contributed by atoms with Crippen LogP contribution in [0.3, 0.4) is 0 Å². The molecule has 2 bridgehead atoms. The second kappa shape index (κ2) is 3.73. The topological polar surface area (TPSA) is 18.5 Å². The van der Waals surface area contributed by atoms with E-state index in [4.69, 9.17) is 9.47 Å². The van der Waals surface area contributed by atoms with E-state index in [9.17, 15) is 0 Å². The van der Waals surface area contributed by atoms with Crippen molar-refractivity contribution in [3.63, 3.8) is 0 Å². The van der Waals surface area contributed by atoms with Crippen LogP contribution in [0.1, 0.15) is 60.3 Å². The lowest BCUT2D eigenvalue weighted by Gasteiger charge is -2.52. The number of hydrogen-bond acceptors (Lipinski definition) is 2. The third kappa shape index (κ3) is 1.37. The summed E-state index contributed by atoms with van der Waals surface area (Å²) in [4.78, 5) is 0. The summed E-state index contributed by atoms with van der Waals surface area (Å²) >= 11 is 0. The lowest BCUT2D eigenvalue weighted by Crippen LogP contribution is -2.55. The fourth-order valence-electron chi connectivity index (χ4n) is 4.93. The van der Waals surface area contributed by atoms with Gasteiger partial charge < -0.3 is 9.47 Å². The molecule has 0 amide bonds. The Morgan fingerprint density at radius 3 is 2.33 bits per heavy atom. The first-order valence-electron chi connectivity index (χ1n) is 7.62. The van der Waals surface area contributed by atoms with Gasteiger partial charge in [0, 0.05) is 17.8 Å². The standard InChI is InChI=1S/C16H28O2/c1-11(2)13-17-9-8-16(18-13)10-12-6-7-15(16,5)14(12,3)4/h11-13H,6-10H2,1-5H3/t12-,13-,15-,16+/m1/s1. The van der Waals surface area contributed by atoms with Gasteiger partial charge in [0.2, 0.25) is 0 Å². The minimum absolute atomic E-state index is 0.00530. The predicted octanol–water partition coefficient (Wildman–Crippen LogP) is 3.99. The highest BCUT2D eigenvalue weighted by atomic mass is 16.7. The molecule has 104 valence electrons. The van der Waals surface area contributed by atoms with Crippen molar-refractivity contribution in [1.29, 1.82) is 0 Å². The van der Waals surface area contributed by atoms with E-state index in [0.29, 0.717) is 16.7 Å². The normalized spacial score (nSPS) is 50.3. The van der Waals surface area contributed by atoms with E-state index in [-0.39, 0.29) is 11.9 Å². The molecule has 2 nitrogen and oxygen atoms in total. The average Bonchev–Trinajstić information content (AvgIpc) is 2.61. The van der Waals surface area contributed by atoms with Crippen LogP contribution in [0.2, 0.25) is 0 Å². The van der Waals surface area contributed by atoms with E-state index < -0.39 is 0 Å². The van der Waals surface area contributed by atoms with Gasteiger partial charge in [0.15, 0.2) is 6.29 Å². The van der Waals surface area contributed by atoms with Crippen LogP contribution in [0, 0.1) is 22.7 Å². The summed E-state index contributed by atoms with van der Waals surface area (Å²) in [7, 11) is 0. The molecule has 0 N–H and O–H groups in total. The third-order valence-corrected chi connectivity index (χ3v) is 6.69. The number of rotatable bonds is 1.